The molecular formula is C19H21N3O6S. The van der Waals surface area contributed by atoms with Crippen molar-refractivity contribution in [2.24, 2.45) is 5.73 Å². The maximum absolute atomic E-state index is 12.9. The molecule has 29 heavy (non-hydrogen) atoms. The Balaban J connectivity index is 1.94. The number of fused-ring (bicyclic) bond motifs is 1. The number of anilines is 1. The summed E-state index contributed by atoms with van der Waals surface area (Å²) >= 11 is 1.21. The molecule has 9 nitrogen and oxygen atoms in total. The number of methoxy groups -OCH3 is 3. The smallest absolute Gasteiger partial charge is 0.409 e. The van der Waals surface area contributed by atoms with Gasteiger partial charge in [0.2, 0.25) is 0 Å². The van der Waals surface area contributed by atoms with E-state index < -0.39 is 17.9 Å². The van der Waals surface area contributed by atoms with E-state index in [1.54, 1.807) is 18.2 Å². The van der Waals surface area contributed by atoms with E-state index in [1.165, 1.54) is 37.6 Å². The minimum Gasteiger partial charge on any atom is -0.493 e. The monoisotopic (exact) mass is 419 g/mol. The zero-order valence-electron chi connectivity index (χ0n) is 16.2. The summed E-state index contributed by atoms with van der Waals surface area (Å²) in [4.78, 5) is 39.1. The first kappa shape index (κ1) is 20.5. The highest BCUT2D eigenvalue weighted by molar-refractivity contribution is 7.17. The molecule has 3 amide bonds. The molecule has 0 unspecified atom stereocenters. The fraction of sp³-hybridized carbons (Fsp3) is 0.316. The summed E-state index contributed by atoms with van der Waals surface area (Å²) in [7, 11) is 4.23. The molecule has 3 N–H and O–H groups in total. The van der Waals surface area contributed by atoms with Crippen LogP contribution in [0.5, 0.6) is 11.5 Å². The Morgan fingerprint density at radius 2 is 1.93 bits per heavy atom. The second-order valence-electron chi connectivity index (χ2n) is 6.21. The van der Waals surface area contributed by atoms with Crippen LogP contribution < -0.4 is 20.5 Å². The number of hydrogen-bond donors (Lipinski definition) is 2. The Kier molecular flexibility index (Phi) is 5.92. The van der Waals surface area contributed by atoms with Crippen LogP contribution in [0.3, 0.4) is 0 Å². The first-order valence-corrected chi connectivity index (χ1v) is 9.52. The van der Waals surface area contributed by atoms with Crippen molar-refractivity contribution >= 4 is 34.2 Å². The molecular weight excluding hydrogens is 398 g/mol. The maximum Gasteiger partial charge on any atom is 0.409 e. The van der Waals surface area contributed by atoms with Gasteiger partial charge >= 0.3 is 6.09 Å². The molecule has 0 fully saturated rings. The topological polar surface area (TPSA) is 120 Å². The van der Waals surface area contributed by atoms with Gasteiger partial charge in [-0.2, -0.15) is 0 Å². The van der Waals surface area contributed by atoms with Gasteiger partial charge in [-0.05, 0) is 24.1 Å². The molecule has 1 aromatic heterocycles. The average Bonchev–Trinajstić information content (AvgIpc) is 3.09. The van der Waals surface area contributed by atoms with Crippen molar-refractivity contribution in [2.75, 3.05) is 33.2 Å². The quantitative estimate of drug-likeness (QED) is 0.767. The number of carbonyl (C=O) groups is 3. The number of ether oxygens (including phenoxy) is 3. The molecule has 0 saturated carbocycles. The number of para-hydroxylation sites is 1. The highest BCUT2D eigenvalue weighted by atomic mass is 32.1. The number of hydrogen-bond acceptors (Lipinski definition) is 7. The van der Waals surface area contributed by atoms with Gasteiger partial charge in [-0.1, -0.05) is 6.07 Å². The summed E-state index contributed by atoms with van der Waals surface area (Å²) in [6.45, 7) is 0.680. The second-order valence-corrected chi connectivity index (χ2v) is 7.31. The Hall–Kier alpha value is -3.27. The van der Waals surface area contributed by atoms with E-state index in [1.807, 2.05) is 0 Å². The van der Waals surface area contributed by atoms with Crippen LogP contribution in [-0.2, 0) is 17.7 Å². The van der Waals surface area contributed by atoms with Crippen molar-refractivity contribution in [3.8, 4) is 11.5 Å². The van der Waals surface area contributed by atoms with Gasteiger partial charge in [0.15, 0.2) is 11.5 Å². The number of amides is 3. The van der Waals surface area contributed by atoms with E-state index >= 15 is 0 Å². The summed E-state index contributed by atoms with van der Waals surface area (Å²) in [5, 5.41) is 3.10. The van der Waals surface area contributed by atoms with E-state index in [-0.39, 0.29) is 23.4 Å². The highest BCUT2D eigenvalue weighted by Gasteiger charge is 2.30. The molecule has 2 aromatic rings. The van der Waals surface area contributed by atoms with Gasteiger partial charge in [0.1, 0.15) is 5.00 Å². The number of nitrogens with zero attached hydrogens (tertiary/aromatic N) is 1. The van der Waals surface area contributed by atoms with E-state index in [2.05, 4.69) is 5.32 Å². The number of nitrogens with two attached hydrogens (primary N) is 1. The standard InChI is InChI=1S/C19H21N3O6S/c1-26-12-6-4-5-11(15(12)27-2)17(24)21-18-14(16(20)23)10-7-8-22(19(25)28-3)9-13(10)29-18/h4-6H,7-9H2,1-3H3,(H2,20,23)(H,21,24). The predicted octanol–water partition coefficient (Wildman–Crippen LogP) is 2.24. The zero-order chi connectivity index (χ0) is 21.1. The summed E-state index contributed by atoms with van der Waals surface area (Å²) in [6, 6.07) is 4.93. The highest BCUT2D eigenvalue weighted by Crippen LogP contribution is 2.38. The van der Waals surface area contributed by atoms with Crippen LogP contribution in [0, 0.1) is 0 Å². The normalized spacial score (nSPS) is 12.7. The molecule has 0 bridgehead atoms. The lowest BCUT2D eigenvalue weighted by Crippen LogP contribution is -2.35. The van der Waals surface area contributed by atoms with Crippen molar-refractivity contribution < 1.29 is 28.6 Å². The maximum atomic E-state index is 12.9. The number of thiophene rings is 1. The van der Waals surface area contributed by atoms with E-state index in [9.17, 15) is 14.4 Å². The molecule has 1 aliphatic heterocycles. The molecule has 2 heterocycles. The van der Waals surface area contributed by atoms with Gasteiger partial charge in [0.05, 0.1) is 39.0 Å². The molecule has 3 rings (SSSR count). The van der Waals surface area contributed by atoms with E-state index in [0.717, 1.165) is 10.4 Å². The Bertz CT molecular complexity index is 971. The zero-order valence-corrected chi connectivity index (χ0v) is 17.1. The number of carbonyl (C=O) groups excluding carboxylic acids is 3. The third kappa shape index (κ3) is 3.83. The summed E-state index contributed by atoms with van der Waals surface area (Å²) in [5.74, 6) is -0.408. The van der Waals surface area contributed by atoms with Gasteiger partial charge in [-0.3, -0.25) is 9.59 Å². The third-order valence-electron chi connectivity index (χ3n) is 4.61. The largest absolute Gasteiger partial charge is 0.493 e. The van der Waals surface area contributed by atoms with Gasteiger partial charge in [-0.25, -0.2) is 4.79 Å². The molecule has 0 atom stereocenters. The third-order valence-corrected chi connectivity index (χ3v) is 5.74. The molecule has 0 radical (unpaired) electrons. The lowest BCUT2D eigenvalue weighted by atomic mass is 10.0. The van der Waals surface area contributed by atoms with Crippen LogP contribution in [0.1, 0.15) is 31.2 Å². The predicted molar refractivity (Wildman–Crippen MR) is 107 cm³/mol. The average molecular weight is 419 g/mol. The van der Waals surface area contributed by atoms with Crippen LogP contribution in [0.15, 0.2) is 18.2 Å². The lowest BCUT2D eigenvalue weighted by Gasteiger charge is -2.25. The SMILES string of the molecule is COC(=O)N1CCc2c(sc(NC(=O)c3cccc(OC)c3OC)c2C(N)=O)C1. The molecule has 1 aromatic carbocycles. The van der Waals surface area contributed by atoms with Crippen molar-refractivity contribution in [3.05, 3.63) is 39.8 Å². The van der Waals surface area contributed by atoms with Gasteiger partial charge in [0, 0.05) is 11.4 Å². The molecule has 0 spiro atoms. The minimum atomic E-state index is -0.637. The van der Waals surface area contributed by atoms with E-state index in [4.69, 9.17) is 19.9 Å². The molecule has 154 valence electrons. The minimum absolute atomic E-state index is 0.254. The van der Waals surface area contributed by atoms with Crippen molar-refractivity contribution in [1.82, 2.24) is 4.90 Å². The summed E-state index contributed by atoms with van der Waals surface area (Å²) in [6.07, 6.45) is -0.00578. The van der Waals surface area contributed by atoms with Crippen LogP contribution >= 0.6 is 11.3 Å². The van der Waals surface area contributed by atoms with Crippen molar-refractivity contribution in [1.29, 1.82) is 0 Å². The molecule has 10 heteroatoms. The summed E-state index contributed by atoms with van der Waals surface area (Å²) in [5.41, 5.74) is 6.85. The number of rotatable bonds is 5. The molecule has 0 saturated heterocycles. The van der Waals surface area contributed by atoms with Crippen LogP contribution in [0.4, 0.5) is 9.80 Å². The molecule has 1 aliphatic rings. The van der Waals surface area contributed by atoms with Crippen molar-refractivity contribution in [3.63, 3.8) is 0 Å². The second kappa shape index (κ2) is 8.39. The Labute approximate surface area is 171 Å². The van der Waals surface area contributed by atoms with Gasteiger partial charge in [-0.15, -0.1) is 11.3 Å². The summed E-state index contributed by atoms with van der Waals surface area (Å²) < 4.78 is 15.3. The number of primary amides is 1. The van der Waals surface area contributed by atoms with Gasteiger partial charge in [0.25, 0.3) is 11.8 Å². The Morgan fingerprint density at radius 3 is 2.55 bits per heavy atom. The van der Waals surface area contributed by atoms with Crippen LogP contribution in [0.25, 0.3) is 0 Å². The van der Waals surface area contributed by atoms with Crippen LogP contribution in [0.2, 0.25) is 0 Å². The van der Waals surface area contributed by atoms with Gasteiger partial charge < -0.3 is 30.2 Å². The first-order chi connectivity index (χ1) is 13.9. The van der Waals surface area contributed by atoms with Crippen molar-refractivity contribution in [2.45, 2.75) is 13.0 Å². The molecule has 0 aliphatic carbocycles. The first-order valence-electron chi connectivity index (χ1n) is 8.70. The Morgan fingerprint density at radius 1 is 1.17 bits per heavy atom. The fourth-order valence-electron chi connectivity index (χ4n) is 3.27. The van der Waals surface area contributed by atoms with E-state index in [0.29, 0.717) is 23.7 Å². The lowest BCUT2D eigenvalue weighted by molar-refractivity contribution is 0.0999. The number of nitrogens with one attached hydrogen (secondary N) is 1. The van der Waals surface area contributed by atoms with Crippen LogP contribution in [-0.4, -0.2) is 50.7 Å². The number of benzene rings is 1. The fourth-order valence-corrected chi connectivity index (χ4v) is 4.54.